The fraction of sp³-hybridized carbons (Fsp3) is 0.500. The average Bonchev–Trinajstić information content (AvgIpc) is 2.36. The van der Waals surface area contributed by atoms with Crippen molar-refractivity contribution in [2.24, 2.45) is 0 Å². The van der Waals surface area contributed by atoms with Crippen LogP contribution < -0.4 is 4.74 Å². The van der Waals surface area contributed by atoms with Gasteiger partial charge >= 0.3 is 0 Å². The number of amides is 1. The highest BCUT2D eigenvalue weighted by Crippen LogP contribution is 2.25. The van der Waals surface area contributed by atoms with Crippen molar-refractivity contribution < 1.29 is 18.7 Å². The Labute approximate surface area is 126 Å². The molecule has 1 amide bonds. The van der Waals surface area contributed by atoms with Crippen molar-refractivity contribution in [1.29, 1.82) is 0 Å². The first kappa shape index (κ1) is 15.3. The first-order valence-corrected chi connectivity index (χ1v) is 7.26. The van der Waals surface area contributed by atoms with E-state index in [-0.39, 0.29) is 30.5 Å². The molecule has 2 atom stereocenters. The zero-order valence-electron chi connectivity index (χ0n) is 11.4. The summed E-state index contributed by atoms with van der Waals surface area (Å²) in [6.45, 7) is 4.94. The van der Waals surface area contributed by atoms with E-state index in [4.69, 9.17) is 9.47 Å². The molecule has 1 aliphatic heterocycles. The van der Waals surface area contributed by atoms with Crippen LogP contribution in [0.3, 0.4) is 0 Å². The molecule has 0 saturated carbocycles. The third-order valence-corrected chi connectivity index (χ3v) is 3.64. The van der Waals surface area contributed by atoms with Crippen LogP contribution in [-0.4, -0.2) is 42.7 Å². The zero-order chi connectivity index (χ0) is 14.7. The average molecular weight is 346 g/mol. The van der Waals surface area contributed by atoms with Gasteiger partial charge in [-0.2, -0.15) is 0 Å². The molecule has 1 heterocycles. The molecule has 0 spiro atoms. The van der Waals surface area contributed by atoms with Crippen LogP contribution in [-0.2, 0) is 9.53 Å². The first-order valence-electron chi connectivity index (χ1n) is 6.47. The van der Waals surface area contributed by atoms with Gasteiger partial charge in [0.25, 0.3) is 5.91 Å². The van der Waals surface area contributed by atoms with Crippen LogP contribution in [0.1, 0.15) is 13.8 Å². The van der Waals surface area contributed by atoms with Crippen molar-refractivity contribution in [1.82, 2.24) is 4.90 Å². The second kappa shape index (κ2) is 6.54. The first-order chi connectivity index (χ1) is 9.45. The summed E-state index contributed by atoms with van der Waals surface area (Å²) in [5, 5.41) is 0. The fourth-order valence-corrected chi connectivity index (χ4v) is 2.67. The molecule has 6 heteroatoms. The molecule has 0 N–H and O–H groups in total. The number of benzene rings is 1. The number of nitrogens with zero attached hydrogens (tertiary/aromatic N) is 1. The molecule has 1 saturated heterocycles. The highest BCUT2D eigenvalue weighted by atomic mass is 79.9. The molecule has 0 radical (unpaired) electrons. The summed E-state index contributed by atoms with van der Waals surface area (Å²) >= 11 is 3.20. The van der Waals surface area contributed by atoms with Gasteiger partial charge in [-0.05, 0) is 48.0 Å². The number of carbonyl (C=O) groups is 1. The van der Waals surface area contributed by atoms with Gasteiger partial charge in [0.2, 0.25) is 0 Å². The molecular formula is C14H17BrFNO3. The van der Waals surface area contributed by atoms with Crippen LogP contribution in [0, 0.1) is 5.82 Å². The molecule has 4 nitrogen and oxygen atoms in total. The van der Waals surface area contributed by atoms with E-state index in [0.29, 0.717) is 23.3 Å². The summed E-state index contributed by atoms with van der Waals surface area (Å²) in [5.74, 6) is 0.00344. The Morgan fingerprint density at radius 1 is 1.45 bits per heavy atom. The normalized spacial score (nSPS) is 22.7. The van der Waals surface area contributed by atoms with Crippen molar-refractivity contribution in [3.05, 3.63) is 28.5 Å². The minimum absolute atomic E-state index is 0.0280. The molecule has 20 heavy (non-hydrogen) atoms. The SMILES string of the molecule is CC1CN(C(=O)COc2ccc(F)cc2Br)CC(C)O1. The molecule has 0 bridgehead atoms. The molecular weight excluding hydrogens is 329 g/mol. The molecule has 1 aliphatic rings. The molecule has 2 unspecified atom stereocenters. The van der Waals surface area contributed by atoms with Gasteiger partial charge in [0.05, 0.1) is 16.7 Å². The minimum Gasteiger partial charge on any atom is -0.483 e. The van der Waals surface area contributed by atoms with Crippen LogP contribution in [0.25, 0.3) is 0 Å². The number of hydrogen-bond donors (Lipinski definition) is 0. The third kappa shape index (κ3) is 3.93. The van der Waals surface area contributed by atoms with Gasteiger partial charge in [-0.3, -0.25) is 4.79 Å². The second-order valence-corrected chi connectivity index (χ2v) is 5.77. The predicted molar refractivity (Wildman–Crippen MR) is 76.2 cm³/mol. The van der Waals surface area contributed by atoms with Crippen molar-refractivity contribution in [3.63, 3.8) is 0 Å². The van der Waals surface area contributed by atoms with E-state index >= 15 is 0 Å². The second-order valence-electron chi connectivity index (χ2n) is 4.92. The van der Waals surface area contributed by atoms with E-state index < -0.39 is 0 Å². The van der Waals surface area contributed by atoms with E-state index in [1.54, 1.807) is 4.90 Å². The molecule has 110 valence electrons. The van der Waals surface area contributed by atoms with Gasteiger partial charge in [0, 0.05) is 13.1 Å². The summed E-state index contributed by atoms with van der Waals surface area (Å²) in [4.78, 5) is 13.8. The van der Waals surface area contributed by atoms with Gasteiger partial charge in [-0.1, -0.05) is 0 Å². The summed E-state index contributed by atoms with van der Waals surface area (Å²) in [6, 6.07) is 4.10. The van der Waals surface area contributed by atoms with Gasteiger partial charge in [-0.25, -0.2) is 4.39 Å². The van der Waals surface area contributed by atoms with Gasteiger partial charge < -0.3 is 14.4 Å². The quantitative estimate of drug-likeness (QED) is 0.845. The Balaban J connectivity index is 1.91. The van der Waals surface area contributed by atoms with Gasteiger partial charge in [-0.15, -0.1) is 0 Å². The Hall–Kier alpha value is -1.14. The van der Waals surface area contributed by atoms with Gasteiger partial charge in [0.1, 0.15) is 11.6 Å². The van der Waals surface area contributed by atoms with Crippen molar-refractivity contribution in [2.75, 3.05) is 19.7 Å². The molecule has 0 aromatic heterocycles. The number of hydrogen-bond acceptors (Lipinski definition) is 3. The Morgan fingerprint density at radius 3 is 2.70 bits per heavy atom. The van der Waals surface area contributed by atoms with Crippen molar-refractivity contribution in [2.45, 2.75) is 26.1 Å². The Morgan fingerprint density at radius 2 is 2.10 bits per heavy atom. The number of morpholine rings is 1. The highest BCUT2D eigenvalue weighted by molar-refractivity contribution is 9.10. The Bertz CT molecular complexity index is 487. The maximum absolute atomic E-state index is 12.9. The van der Waals surface area contributed by atoms with Crippen molar-refractivity contribution >= 4 is 21.8 Å². The summed E-state index contributed by atoms with van der Waals surface area (Å²) in [5.41, 5.74) is 0. The lowest BCUT2D eigenvalue weighted by molar-refractivity contribution is -0.145. The molecule has 1 aromatic carbocycles. The van der Waals surface area contributed by atoms with Gasteiger partial charge in [0.15, 0.2) is 6.61 Å². The van der Waals surface area contributed by atoms with Crippen LogP contribution >= 0.6 is 15.9 Å². The predicted octanol–water partition coefficient (Wildman–Crippen LogP) is 2.60. The topological polar surface area (TPSA) is 38.8 Å². The highest BCUT2D eigenvalue weighted by Gasteiger charge is 2.26. The zero-order valence-corrected chi connectivity index (χ0v) is 13.0. The van der Waals surface area contributed by atoms with E-state index in [1.807, 2.05) is 13.8 Å². The summed E-state index contributed by atoms with van der Waals surface area (Å²) in [7, 11) is 0. The van der Waals surface area contributed by atoms with Crippen LogP contribution in [0.5, 0.6) is 5.75 Å². The van der Waals surface area contributed by atoms with Crippen LogP contribution in [0.2, 0.25) is 0 Å². The maximum atomic E-state index is 12.9. The van der Waals surface area contributed by atoms with E-state index in [0.717, 1.165) is 0 Å². The standard InChI is InChI=1S/C14H17BrFNO3/c1-9-6-17(7-10(2)20-9)14(18)8-19-13-4-3-11(16)5-12(13)15/h3-5,9-10H,6-8H2,1-2H3. The number of carbonyl (C=O) groups excluding carboxylic acids is 1. The maximum Gasteiger partial charge on any atom is 0.260 e. The lowest BCUT2D eigenvalue weighted by Crippen LogP contribution is -2.49. The lowest BCUT2D eigenvalue weighted by Gasteiger charge is -2.35. The van der Waals surface area contributed by atoms with Crippen LogP contribution in [0.4, 0.5) is 4.39 Å². The van der Waals surface area contributed by atoms with Crippen LogP contribution in [0.15, 0.2) is 22.7 Å². The van der Waals surface area contributed by atoms with E-state index in [1.165, 1.54) is 18.2 Å². The summed E-state index contributed by atoms with van der Waals surface area (Å²) < 4.78 is 24.5. The van der Waals surface area contributed by atoms with E-state index in [2.05, 4.69) is 15.9 Å². The number of halogens is 2. The number of ether oxygens (including phenoxy) is 2. The monoisotopic (exact) mass is 345 g/mol. The Kier molecular flexibility index (Phi) is 4.99. The van der Waals surface area contributed by atoms with Crippen molar-refractivity contribution in [3.8, 4) is 5.75 Å². The molecule has 1 aromatic rings. The van der Waals surface area contributed by atoms with E-state index in [9.17, 15) is 9.18 Å². The third-order valence-electron chi connectivity index (χ3n) is 3.02. The molecule has 0 aliphatic carbocycles. The lowest BCUT2D eigenvalue weighted by atomic mass is 10.2. The molecule has 2 rings (SSSR count). The number of rotatable bonds is 3. The minimum atomic E-state index is -0.355. The summed E-state index contributed by atoms with van der Waals surface area (Å²) in [6.07, 6.45) is 0.0560. The fourth-order valence-electron chi connectivity index (χ4n) is 2.20. The largest absolute Gasteiger partial charge is 0.483 e. The molecule has 1 fully saturated rings. The smallest absolute Gasteiger partial charge is 0.260 e.